The summed E-state index contributed by atoms with van der Waals surface area (Å²) < 4.78 is 0.779. The van der Waals surface area contributed by atoms with Gasteiger partial charge in [0, 0.05) is 6.54 Å². The van der Waals surface area contributed by atoms with Crippen LogP contribution in [0.3, 0.4) is 0 Å². The number of nitrogens with one attached hydrogen (secondary N) is 1. The second-order valence-electron chi connectivity index (χ2n) is 3.65. The van der Waals surface area contributed by atoms with E-state index < -0.39 is 0 Å². The lowest BCUT2D eigenvalue weighted by molar-refractivity contribution is 0.0946. The summed E-state index contributed by atoms with van der Waals surface area (Å²) in [5, 5.41) is 10.4. The summed E-state index contributed by atoms with van der Waals surface area (Å²) in [5.74, 6) is -0.164. The summed E-state index contributed by atoms with van der Waals surface area (Å²) >= 11 is 2.05. The van der Waals surface area contributed by atoms with Crippen LogP contribution in [0.1, 0.15) is 16.9 Å². The summed E-state index contributed by atoms with van der Waals surface area (Å²) in [6.07, 6.45) is 0.927. The lowest BCUT2D eigenvalue weighted by atomic mass is 10.3. The van der Waals surface area contributed by atoms with E-state index in [2.05, 4.69) is 43.0 Å². The van der Waals surface area contributed by atoms with Crippen molar-refractivity contribution in [1.29, 1.82) is 0 Å². The molecular formula is C10H15IN4O. The van der Waals surface area contributed by atoms with Crippen LogP contribution in [-0.2, 0) is 0 Å². The third-order valence-corrected chi connectivity index (χ3v) is 2.51. The highest BCUT2D eigenvalue weighted by atomic mass is 131. The molecule has 0 radical (unpaired) electrons. The van der Waals surface area contributed by atoms with Crippen LogP contribution in [-0.4, -0.2) is 48.2 Å². The first-order chi connectivity index (χ1) is 7.59. The Kier molecular flexibility index (Phi) is 5.61. The zero-order valence-electron chi connectivity index (χ0n) is 9.40. The molecule has 6 heteroatoms. The van der Waals surface area contributed by atoms with Crippen LogP contribution in [0.5, 0.6) is 0 Å². The van der Waals surface area contributed by atoms with Gasteiger partial charge in [0.25, 0.3) is 5.91 Å². The van der Waals surface area contributed by atoms with Crippen LogP contribution >= 0.6 is 22.6 Å². The predicted molar refractivity (Wildman–Crippen MR) is 70.3 cm³/mol. The highest BCUT2D eigenvalue weighted by molar-refractivity contribution is 14.1. The van der Waals surface area contributed by atoms with Gasteiger partial charge in [0.15, 0.2) is 5.69 Å². The Morgan fingerprint density at radius 3 is 2.75 bits per heavy atom. The maximum absolute atomic E-state index is 11.6. The molecular weight excluding hydrogens is 323 g/mol. The fourth-order valence-corrected chi connectivity index (χ4v) is 1.41. The molecule has 1 amide bonds. The van der Waals surface area contributed by atoms with E-state index in [-0.39, 0.29) is 5.91 Å². The zero-order valence-corrected chi connectivity index (χ0v) is 11.6. The molecule has 0 aromatic carbocycles. The Bertz CT molecular complexity index is 339. The number of nitrogens with zero attached hydrogens (tertiary/aromatic N) is 3. The lowest BCUT2D eigenvalue weighted by Crippen LogP contribution is -2.28. The van der Waals surface area contributed by atoms with Crippen molar-refractivity contribution in [3.63, 3.8) is 0 Å². The third kappa shape index (κ3) is 4.84. The molecule has 0 spiro atoms. The summed E-state index contributed by atoms with van der Waals surface area (Å²) in [6.45, 7) is 1.61. The lowest BCUT2D eigenvalue weighted by Gasteiger charge is -2.09. The Balaban J connectivity index is 2.32. The molecule has 0 unspecified atom stereocenters. The van der Waals surface area contributed by atoms with Crippen LogP contribution < -0.4 is 5.32 Å². The molecule has 0 bridgehead atoms. The second kappa shape index (κ2) is 6.74. The zero-order chi connectivity index (χ0) is 12.0. The van der Waals surface area contributed by atoms with Gasteiger partial charge in [0.2, 0.25) is 0 Å². The Morgan fingerprint density at radius 2 is 2.19 bits per heavy atom. The molecule has 0 aliphatic carbocycles. The molecule has 0 saturated heterocycles. The van der Waals surface area contributed by atoms with Crippen LogP contribution in [0.2, 0.25) is 0 Å². The van der Waals surface area contributed by atoms with Crippen molar-refractivity contribution in [2.45, 2.75) is 6.42 Å². The summed E-state index contributed by atoms with van der Waals surface area (Å²) in [5.41, 5.74) is 0.366. The Morgan fingerprint density at radius 1 is 1.44 bits per heavy atom. The number of amides is 1. The van der Waals surface area contributed by atoms with E-state index in [4.69, 9.17) is 0 Å². The fourth-order valence-electron chi connectivity index (χ4n) is 1.12. The van der Waals surface area contributed by atoms with Gasteiger partial charge in [-0.2, -0.15) is 0 Å². The Hall–Kier alpha value is -0.760. The molecule has 1 aromatic heterocycles. The predicted octanol–water partition coefficient (Wildman–Crippen LogP) is 0.763. The van der Waals surface area contributed by atoms with Crippen LogP contribution in [0.25, 0.3) is 0 Å². The third-order valence-electron chi connectivity index (χ3n) is 1.93. The van der Waals surface area contributed by atoms with E-state index in [0.29, 0.717) is 12.2 Å². The molecule has 0 fully saturated rings. The van der Waals surface area contributed by atoms with Gasteiger partial charge < -0.3 is 10.2 Å². The summed E-state index contributed by atoms with van der Waals surface area (Å²) in [6, 6.07) is 3.44. The van der Waals surface area contributed by atoms with Gasteiger partial charge in [-0.15, -0.1) is 10.2 Å². The molecule has 88 valence electrons. The van der Waals surface area contributed by atoms with Crippen LogP contribution in [0.4, 0.5) is 0 Å². The van der Waals surface area contributed by atoms with E-state index in [0.717, 1.165) is 16.7 Å². The minimum Gasteiger partial charge on any atom is -0.351 e. The van der Waals surface area contributed by atoms with Crippen molar-refractivity contribution in [1.82, 2.24) is 20.4 Å². The largest absolute Gasteiger partial charge is 0.351 e. The van der Waals surface area contributed by atoms with Crippen molar-refractivity contribution >= 4 is 28.5 Å². The van der Waals surface area contributed by atoms with Crippen molar-refractivity contribution in [3.05, 3.63) is 21.5 Å². The van der Waals surface area contributed by atoms with E-state index in [1.54, 1.807) is 12.1 Å². The molecule has 0 aliphatic rings. The molecule has 0 saturated carbocycles. The van der Waals surface area contributed by atoms with Crippen molar-refractivity contribution in [2.75, 3.05) is 27.2 Å². The van der Waals surface area contributed by atoms with Crippen molar-refractivity contribution < 1.29 is 4.79 Å². The van der Waals surface area contributed by atoms with Gasteiger partial charge in [-0.1, -0.05) is 0 Å². The molecule has 1 heterocycles. The minimum atomic E-state index is -0.164. The highest BCUT2D eigenvalue weighted by Crippen LogP contribution is 1.99. The number of rotatable bonds is 5. The molecule has 0 atom stereocenters. The molecule has 16 heavy (non-hydrogen) atoms. The van der Waals surface area contributed by atoms with Gasteiger partial charge in [0.1, 0.15) is 3.70 Å². The fraction of sp³-hybridized carbons (Fsp3) is 0.500. The average molecular weight is 338 g/mol. The normalized spacial score (nSPS) is 10.5. The number of hydrogen-bond acceptors (Lipinski definition) is 4. The van der Waals surface area contributed by atoms with Gasteiger partial charge >= 0.3 is 0 Å². The summed E-state index contributed by atoms with van der Waals surface area (Å²) in [4.78, 5) is 13.7. The van der Waals surface area contributed by atoms with Crippen LogP contribution in [0.15, 0.2) is 12.1 Å². The van der Waals surface area contributed by atoms with Gasteiger partial charge in [-0.05, 0) is 61.8 Å². The number of carbonyl (C=O) groups excluding carboxylic acids is 1. The second-order valence-corrected chi connectivity index (χ2v) is 4.76. The van der Waals surface area contributed by atoms with E-state index >= 15 is 0 Å². The molecule has 0 aliphatic heterocycles. The molecule has 5 nitrogen and oxygen atoms in total. The van der Waals surface area contributed by atoms with Crippen LogP contribution in [0, 0.1) is 3.70 Å². The highest BCUT2D eigenvalue weighted by Gasteiger charge is 2.06. The quantitative estimate of drug-likeness (QED) is 0.636. The molecule has 1 N–H and O–H groups in total. The van der Waals surface area contributed by atoms with Gasteiger partial charge in [-0.25, -0.2) is 0 Å². The standard InChI is InChI=1S/C10H15IN4O/c1-15(2)7-3-6-12-10(16)8-4-5-9(11)14-13-8/h4-5H,3,6-7H2,1-2H3,(H,12,16)/i11+4. The number of carbonyl (C=O) groups is 1. The Labute approximate surface area is 109 Å². The number of halogens is 1. The average Bonchev–Trinajstić information content (AvgIpc) is 2.25. The first-order valence-corrected chi connectivity index (χ1v) is 6.09. The van der Waals surface area contributed by atoms with E-state index in [1.165, 1.54) is 0 Å². The van der Waals surface area contributed by atoms with Crippen molar-refractivity contribution in [3.8, 4) is 0 Å². The van der Waals surface area contributed by atoms with E-state index in [1.807, 2.05) is 14.1 Å². The first kappa shape index (κ1) is 13.3. The minimum absolute atomic E-state index is 0.164. The molecule has 1 aromatic rings. The monoisotopic (exact) mass is 338 g/mol. The number of hydrogen-bond donors (Lipinski definition) is 1. The first-order valence-electron chi connectivity index (χ1n) is 5.02. The molecule has 1 rings (SSSR count). The maximum atomic E-state index is 11.6. The maximum Gasteiger partial charge on any atom is 0.271 e. The van der Waals surface area contributed by atoms with E-state index in [9.17, 15) is 4.79 Å². The number of aromatic nitrogens is 2. The van der Waals surface area contributed by atoms with Gasteiger partial charge in [-0.3, -0.25) is 4.79 Å². The smallest absolute Gasteiger partial charge is 0.271 e. The van der Waals surface area contributed by atoms with Gasteiger partial charge in [0.05, 0.1) is 0 Å². The summed E-state index contributed by atoms with van der Waals surface area (Å²) in [7, 11) is 4.01. The SMILES string of the molecule is CN(C)CCCNC(=O)c1ccc([131I])nn1. The topological polar surface area (TPSA) is 58.1 Å². The van der Waals surface area contributed by atoms with Crippen molar-refractivity contribution in [2.24, 2.45) is 0 Å².